The molecule has 2 aromatic carbocycles. The maximum atomic E-state index is 13.0. The molecule has 1 aliphatic carbocycles. The normalized spacial score (nSPS) is 17.6. The van der Waals surface area contributed by atoms with Gasteiger partial charge in [0, 0.05) is 6.54 Å². The average molecular weight is 621 g/mol. The van der Waals surface area contributed by atoms with E-state index < -0.39 is 5.97 Å². The molecule has 0 atom stereocenters. The molecule has 1 aliphatic heterocycles. The highest BCUT2D eigenvalue weighted by Gasteiger charge is 2.36. The Morgan fingerprint density at radius 1 is 1.14 bits per heavy atom. The van der Waals surface area contributed by atoms with E-state index >= 15 is 0 Å². The van der Waals surface area contributed by atoms with E-state index in [2.05, 4.69) is 22.6 Å². The van der Waals surface area contributed by atoms with Crippen LogP contribution >= 0.6 is 34.4 Å². The summed E-state index contributed by atoms with van der Waals surface area (Å²) in [5, 5.41) is 8.86. The largest absolute Gasteiger partial charge is 0.490 e. The molecule has 0 unspecified atom stereocenters. The number of carboxylic acid groups (broad SMARTS) is 1. The number of ether oxygens (including phenoxy) is 2. The smallest absolute Gasteiger partial charge is 0.335 e. The quantitative estimate of drug-likeness (QED) is 0.250. The number of aromatic carboxylic acids is 1. The Kier molecular flexibility index (Phi) is 8.95. The highest BCUT2D eigenvalue weighted by atomic mass is 127. The van der Waals surface area contributed by atoms with E-state index in [4.69, 9.17) is 14.6 Å². The monoisotopic (exact) mass is 621 g/mol. The first-order valence-electron chi connectivity index (χ1n) is 12.0. The minimum Gasteiger partial charge on any atom is -0.490 e. The van der Waals surface area contributed by atoms with Gasteiger partial charge in [-0.25, -0.2) is 4.79 Å². The standard InChI is InChI=1S/C27H28INO6S/c1-2-34-22-13-19(12-21(28)24(22)35-16-18-8-10-20(11-9-18)26(31)32)14-23-25(30)29(27(33)36-23)15-17-6-4-3-5-7-17/h8-14,17H,2-7,15-16H2,1H3,(H,31,32)/b23-14+. The minimum atomic E-state index is -0.974. The molecule has 0 bridgehead atoms. The van der Waals surface area contributed by atoms with Gasteiger partial charge in [-0.2, -0.15) is 0 Å². The van der Waals surface area contributed by atoms with Crippen LogP contribution in [0, 0.1) is 9.49 Å². The topological polar surface area (TPSA) is 93.1 Å². The number of imide groups is 1. The fraction of sp³-hybridized carbons (Fsp3) is 0.370. The Hall–Kier alpha value is -2.53. The van der Waals surface area contributed by atoms with Gasteiger partial charge in [-0.15, -0.1) is 0 Å². The van der Waals surface area contributed by atoms with Gasteiger partial charge in [-0.3, -0.25) is 14.5 Å². The summed E-state index contributed by atoms with van der Waals surface area (Å²) in [4.78, 5) is 38.5. The summed E-state index contributed by atoms with van der Waals surface area (Å²) in [5.41, 5.74) is 1.80. The van der Waals surface area contributed by atoms with Crippen molar-refractivity contribution in [2.24, 2.45) is 5.92 Å². The summed E-state index contributed by atoms with van der Waals surface area (Å²) < 4.78 is 12.7. The third-order valence-corrected chi connectivity index (χ3v) is 7.96. The molecule has 0 aromatic heterocycles. The second kappa shape index (κ2) is 12.1. The molecule has 2 aromatic rings. The molecule has 0 spiro atoms. The Morgan fingerprint density at radius 2 is 1.86 bits per heavy atom. The van der Waals surface area contributed by atoms with Crippen LogP contribution in [0.15, 0.2) is 41.3 Å². The fourth-order valence-corrected chi connectivity index (χ4v) is 6.04. The molecule has 7 nitrogen and oxygen atoms in total. The molecule has 9 heteroatoms. The van der Waals surface area contributed by atoms with Crippen molar-refractivity contribution in [1.29, 1.82) is 0 Å². The summed E-state index contributed by atoms with van der Waals surface area (Å²) in [5.74, 6) is 0.308. The summed E-state index contributed by atoms with van der Waals surface area (Å²) in [6.45, 7) is 3.06. The van der Waals surface area contributed by atoms with Gasteiger partial charge in [0.2, 0.25) is 0 Å². The maximum absolute atomic E-state index is 13.0. The number of benzene rings is 2. The van der Waals surface area contributed by atoms with Crippen molar-refractivity contribution in [3.63, 3.8) is 0 Å². The van der Waals surface area contributed by atoms with Crippen molar-refractivity contribution in [1.82, 2.24) is 4.90 Å². The van der Waals surface area contributed by atoms with Gasteiger partial charge in [-0.1, -0.05) is 31.4 Å². The lowest BCUT2D eigenvalue weighted by atomic mass is 9.89. The van der Waals surface area contributed by atoms with Crippen molar-refractivity contribution < 1.29 is 29.0 Å². The van der Waals surface area contributed by atoms with Gasteiger partial charge in [0.25, 0.3) is 11.1 Å². The van der Waals surface area contributed by atoms with E-state index in [0.29, 0.717) is 35.5 Å². The number of halogens is 1. The zero-order chi connectivity index (χ0) is 25.7. The molecule has 1 saturated heterocycles. The van der Waals surface area contributed by atoms with Crippen molar-refractivity contribution in [2.45, 2.75) is 45.6 Å². The maximum Gasteiger partial charge on any atom is 0.335 e. The van der Waals surface area contributed by atoms with Crippen LogP contribution in [0.4, 0.5) is 4.79 Å². The second-order valence-electron chi connectivity index (χ2n) is 8.85. The van der Waals surface area contributed by atoms with Gasteiger partial charge in [0.1, 0.15) is 6.61 Å². The van der Waals surface area contributed by atoms with Crippen LogP contribution in [-0.2, 0) is 11.4 Å². The van der Waals surface area contributed by atoms with Crippen molar-refractivity contribution in [2.75, 3.05) is 13.2 Å². The van der Waals surface area contributed by atoms with Gasteiger partial charge in [-0.05, 0) is 102 Å². The van der Waals surface area contributed by atoms with Crippen molar-refractivity contribution in [3.8, 4) is 11.5 Å². The molecule has 0 radical (unpaired) electrons. The predicted molar refractivity (Wildman–Crippen MR) is 147 cm³/mol. The van der Waals surface area contributed by atoms with E-state index in [-0.39, 0.29) is 23.3 Å². The Morgan fingerprint density at radius 3 is 2.53 bits per heavy atom. The lowest BCUT2D eigenvalue weighted by Crippen LogP contribution is -2.34. The number of carboxylic acids is 1. The number of thioether (sulfide) groups is 1. The van der Waals surface area contributed by atoms with Gasteiger partial charge in [0.15, 0.2) is 11.5 Å². The minimum absolute atomic E-state index is 0.203. The number of carbonyl (C=O) groups excluding carboxylic acids is 2. The molecule has 190 valence electrons. The van der Waals surface area contributed by atoms with E-state index in [1.807, 2.05) is 19.1 Å². The molecule has 2 aliphatic rings. The highest BCUT2D eigenvalue weighted by Crippen LogP contribution is 2.38. The molecular formula is C27H28INO6S. The number of hydrogen-bond donors (Lipinski definition) is 1. The zero-order valence-electron chi connectivity index (χ0n) is 20.0. The van der Waals surface area contributed by atoms with Crippen LogP contribution in [0.1, 0.15) is 60.5 Å². The van der Waals surface area contributed by atoms with E-state index in [1.165, 1.54) is 11.3 Å². The summed E-state index contributed by atoms with van der Waals surface area (Å²) in [7, 11) is 0. The van der Waals surface area contributed by atoms with Gasteiger partial charge in [0.05, 0.1) is 20.6 Å². The van der Waals surface area contributed by atoms with Crippen molar-refractivity contribution in [3.05, 3.63) is 61.6 Å². The Labute approximate surface area is 228 Å². The van der Waals surface area contributed by atoms with E-state index in [9.17, 15) is 14.4 Å². The molecule has 36 heavy (non-hydrogen) atoms. The van der Waals surface area contributed by atoms with Crippen LogP contribution in [0.5, 0.6) is 11.5 Å². The highest BCUT2D eigenvalue weighted by molar-refractivity contribution is 14.1. The summed E-state index contributed by atoms with van der Waals surface area (Å²) in [6.07, 6.45) is 7.44. The number of hydrogen-bond acceptors (Lipinski definition) is 6. The fourth-order valence-electron chi connectivity index (χ4n) is 4.41. The predicted octanol–water partition coefficient (Wildman–Crippen LogP) is 6.58. The van der Waals surface area contributed by atoms with E-state index in [0.717, 1.165) is 52.1 Å². The molecule has 2 amide bonds. The first kappa shape index (κ1) is 26.5. The average Bonchev–Trinajstić information content (AvgIpc) is 3.12. The van der Waals surface area contributed by atoms with Crippen LogP contribution in [0.25, 0.3) is 6.08 Å². The summed E-state index contributed by atoms with van der Waals surface area (Å²) >= 11 is 3.15. The number of carbonyl (C=O) groups is 3. The third kappa shape index (κ3) is 6.42. The number of nitrogens with zero attached hydrogens (tertiary/aromatic N) is 1. The molecular weight excluding hydrogens is 593 g/mol. The zero-order valence-corrected chi connectivity index (χ0v) is 23.0. The second-order valence-corrected chi connectivity index (χ2v) is 11.0. The Balaban J connectivity index is 1.50. The first-order chi connectivity index (χ1) is 17.4. The van der Waals surface area contributed by atoms with Crippen LogP contribution in [0.2, 0.25) is 0 Å². The van der Waals surface area contributed by atoms with E-state index in [1.54, 1.807) is 30.3 Å². The van der Waals surface area contributed by atoms with Gasteiger partial charge < -0.3 is 14.6 Å². The lowest BCUT2D eigenvalue weighted by molar-refractivity contribution is -0.123. The van der Waals surface area contributed by atoms with Gasteiger partial charge >= 0.3 is 5.97 Å². The lowest BCUT2D eigenvalue weighted by Gasteiger charge is -2.25. The van der Waals surface area contributed by atoms with Crippen LogP contribution in [-0.4, -0.2) is 40.3 Å². The summed E-state index contributed by atoms with van der Waals surface area (Å²) in [6, 6.07) is 10.2. The Bertz CT molecular complexity index is 1170. The molecule has 1 saturated carbocycles. The molecule has 1 N–H and O–H groups in total. The van der Waals surface area contributed by atoms with Crippen molar-refractivity contribution >= 4 is 57.5 Å². The number of rotatable bonds is 9. The molecule has 1 heterocycles. The SMILES string of the molecule is CCOc1cc(/C=C2/SC(=O)N(CC3CCCCC3)C2=O)cc(I)c1OCc1ccc(C(=O)O)cc1. The van der Waals surface area contributed by atoms with Crippen LogP contribution < -0.4 is 9.47 Å². The first-order valence-corrected chi connectivity index (χ1v) is 13.9. The molecule has 2 fully saturated rings. The van der Waals surface area contributed by atoms with Crippen LogP contribution in [0.3, 0.4) is 0 Å². The molecule has 4 rings (SSSR count). The third-order valence-electron chi connectivity index (χ3n) is 6.25. The number of amides is 2.